The number of non-ortho nitro benzene ring substituents is 1. The topological polar surface area (TPSA) is 60.2 Å². The quantitative estimate of drug-likeness (QED) is 0.263. The summed E-state index contributed by atoms with van der Waals surface area (Å²) in [7, 11) is 0. The maximum Gasteiger partial charge on any atom is 0.269 e. The van der Waals surface area contributed by atoms with E-state index in [2.05, 4.69) is 18.8 Å². The predicted octanol–water partition coefficient (Wildman–Crippen LogP) is 3.36. The molecule has 18 heavy (non-hydrogen) atoms. The first-order valence-corrected chi connectivity index (χ1v) is 5.88. The summed E-state index contributed by atoms with van der Waals surface area (Å²) in [6.45, 7) is 2.09. The van der Waals surface area contributed by atoms with Crippen molar-refractivity contribution in [3.8, 4) is 11.8 Å². The molecular formula is C14H15NO3. The number of nitro groups is 1. The van der Waals surface area contributed by atoms with Crippen LogP contribution in [0.4, 0.5) is 5.69 Å². The van der Waals surface area contributed by atoms with E-state index in [1.165, 1.54) is 24.3 Å². The highest BCUT2D eigenvalue weighted by atomic mass is 16.6. The average Bonchev–Trinajstić information content (AvgIpc) is 2.38. The summed E-state index contributed by atoms with van der Waals surface area (Å²) in [5, 5.41) is 10.5. The monoisotopic (exact) mass is 245 g/mol. The molecule has 0 unspecified atom stereocenters. The fraction of sp³-hybridized carbons (Fsp3) is 0.357. The third-order valence-electron chi connectivity index (χ3n) is 2.43. The van der Waals surface area contributed by atoms with Crippen molar-refractivity contribution in [1.82, 2.24) is 0 Å². The molecule has 0 heterocycles. The van der Waals surface area contributed by atoms with E-state index < -0.39 is 4.92 Å². The van der Waals surface area contributed by atoms with Crippen LogP contribution in [0.1, 0.15) is 43.0 Å². The van der Waals surface area contributed by atoms with Gasteiger partial charge in [0, 0.05) is 24.1 Å². The Morgan fingerprint density at radius 2 is 1.94 bits per heavy atom. The Kier molecular flexibility index (Phi) is 5.59. The summed E-state index contributed by atoms with van der Waals surface area (Å²) >= 11 is 0. The van der Waals surface area contributed by atoms with Gasteiger partial charge in [0.15, 0.2) is 5.78 Å². The molecule has 94 valence electrons. The van der Waals surface area contributed by atoms with Gasteiger partial charge in [-0.1, -0.05) is 19.3 Å². The standard InChI is InChI=1S/C14H15NO3/c1-2-3-4-5-6-7-14(16)12-8-10-13(11-9-12)15(17)18/h8-11H,2-4,7H2,1H3. The lowest BCUT2D eigenvalue weighted by Crippen LogP contribution is -1.97. The summed E-state index contributed by atoms with van der Waals surface area (Å²) in [5.41, 5.74) is 0.450. The number of nitrogens with zero attached hydrogens (tertiary/aromatic N) is 1. The van der Waals surface area contributed by atoms with Crippen LogP contribution in [0.3, 0.4) is 0 Å². The molecule has 0 N–H and O–H groups in total. The fourth-order valence-corrected chi connectivity index (χ4v) is 1.37. The van der Waals surface area contributed by atoms with E-state index in [0.29, 0.717) is 5.56 Å². The van der Waals surface area contributed by atoms with Crippen LogP contribution in [0, 0.1) is 22.0 Å². The second-order valence-corrected chi connectivity index (χ2v) is 3.86. The van der Waals surface area contributed by atoms with Crippen LogP contribution in [0.25, 0.3) is 0 Å². The van der Waals surface area contributed by atoms with Crippen molar-refractivity contribution in [2.75, 3.05) is 0 Å². The SMILES string of the molecule is CCCCC#CCC(=O)c1ccc([N+](=O)[O-])cc1. The van der Waals surface area contributed by atoms with E-state index in [-0.39, 0.29) is 17.9 Å². The lowest BCUT2D eigenvalue weighted by atomic mass is 10.1. The van der Waals surface area contributed by atoms with Crippen LogP contribution in [0.5, 0.6) is 0 Å². The Hall–Kier alpha value is -2.15. The second-order valence-electron chi connectivity index (χ2n) is 3.86. The number of carbonyl (C=O) groups is 1. The molecule has 0 aliphatic heterocycles. The van der Waals surface area contributed by atoms with Gasteiger partial charge in [0.05, 0.1) is 11.3 Å². The number of hydrogen-bond donors (Lipinski definition) is 0. The van der Waals surface area contributed by atoms with E-state index in [4.69, 9.17) is 0 Å². The molecule has 0 aliphatic carbocycles. The highest BCUT2D eigenvalue weighted by molar-refractivity contribution is 5.97. The van der Waals surface area contributed by atoms with Crippen molar-refractivity contribution < 1.29 is 9.72 Å². The smallest absolute Gasteiger partial charge is 0.269 e. The van der Waals surface area contributed by atoms with Gasteiger partial charge in [-0.3, -0.25) is 14.9 Å². The van der Waals surface area contributed by atoms with Crippen molar-refractivity contribution in [2.45, 2.75) is 32.6 Å². The molecule has 0 saturated heterocycles. The van der Waals surface area contributed by atoms with Gasteiger partial charge >= 0.3 is 0 Å². The Morgan fingerprint density at radius 3 is 2.50 bits per heavy atom. The Labute approximate surface area is 106 Å². The third kappa shape index (κ3) is 4.38. The van der Waals surface area contributed by atoms with Crippen molar-refractivity contribution in [2.24, 2.45) is 0 Å². The minimum atomic E-state index is -0.487. The van der Waals surface area contributed by atoms with Crippen molar-refractivity contribution in [3.05, 3.63) is 39.9 Å². The van der Waals surface area contributed by atoms with Crippen LogP contribution in [-0.2, 0) is 0 Å². The lowest BCUT2D eigenvalue weighted by Gasteiger charge is -1.96. The average molecular weight is 245 g/mol. The van der Waals surface area contributed by atoms with Gasteiger partial charge in [-0.15, -0.1) is 5.92 Å². The van der Waals surface area contributed by atoms with Gasteiger partial charge < -0.3 is 0 Å². The molecule has 4 nitrogen and oxygen atoms in total. The largest absolute Gasteiger partial charge is 0.293 e. The van der Waals surface area contributed by atoms with E-state index >= 15 is 0 Å². The normalized spacial score (nSPS) is 9.39. The minimum absolute atomic E-state index is 0.0134. The molecule has 0 spiro atoms. The van der Waals surface area contributed by atoms with Gasteiger partial charge in [0.2, 0.25) is 0 Å². The first-order valence-electron chi connectivity index (χ1n) is 5.88. The Balaban J connectivity index is 2.56. The maximum absolute atomic E-state index is 11.7. The summed E-state index contributed by atoms with van der Waals surface area (Å²) in [6.07, 6.45) is 3.11. The molecule has 0 atom stereocenters. The number of Topliss-reactive ketones (excluding diaryl/α,β-unsaturated/α-hetero) is 1. The van der Waals surface area contributed by atoms with Gasteiger partial charge in [0.1, 0.15) is 0 Å². The molecule has 0 aromatic heterocycles. The molecule has 4 heteroatoms. The van der Waals surface area contributed by atoms with Gasteiger partial charge in [0.25, 0.3) is 5.69 Å². The Bertz CT molecular complexity index is 480. The van der Waals surface area contributed by atoms with Gasteiger partial charge in [-0.05, 0) is 18.6 Å². The molecular weight excluding hydrogens is 230 g/mol. The zero-order valence-electron chi connectivity index (χ0n) is 10.3. The van der Waals surface area contributed by atoms with Gasteiger partial charge in [-0.25, -0.2) is 0 Å². The van der Waals surface area contributed by atoms with Crippen LogP contribution in [0.15, 0.2) is 24.3 Å². The molecule has 1 aromatic carbocycles. The predicted molar refractivity (Wildman–Crippen MR) is 69.3 cm³/mol. The number of ketones is 1. The molecule has 0 saturated carbocycles. The van der Waals surface area contributed by atoms with Crippen molar-refractivity contribution in [3.63, 3.8) is 0 Å². The molecule has 0 radical (unpaired) electrons. The first kappa shape index (κ1) is 13.9. The summed E-state index contributed by atoms with van der Waals surface area (Å²) < 4.78 is 0. The molecule has 0 amide bonds. The van der Waals surface area contributed by atoms with Crippen LogP contribution in [0.2, 0.25) is 0 Å². The van der Waals surface area contributed by atoms with E-state index in [1.807, 2.05) is 0 Å². The zero-order chi connectivity index (χ0) is 13.4. The van der Waals surface area contributed by atoms with Gasteiger partial charge in [-0.2, -0.15) is 0 Å². The minimum Gasteiger partial charge on any atom is -0.293 e. The van der Waals surface area contributed by atoms with E-state index in [1.54, 1.807) is 0 Å². The first-order chi connectivity index (χ1) is 8.65. The van der Waals surface area contributed by atoms with Crippen LogP contribution >= 0.6 is 0 Å². The van der Waals surface area contributed by atoms with E-state index in [9.17, 15) is 14.9 Å². The molecule has 1 aromatic rings. The van der Waals surface area contributed by atoms with Crippen LogP contribution < -0.4 is 0 Å². The number of rotatable bonds is 5. The molecule has 0 bridgehead atoms. The van der Waals surface area contributed by atoms with E-state index in [0.717, 1.165) is 19.3 Å². The highest BCUT2D eigenvalue weighted by Gasteiger charge is 2.08. The maximum atomic E-state index is 11.7. The summed E-state index contributed by atoms with van der Waals surface area (Å²) in [6, 6.07) is 5.60. The zero-order valence-corrected chi connectivity index (χ0v) is 10.3. The fourth-order valence-electron chi connectivity index (χ4n) is 1.37. The number of carbonyl (C=O) groups excluding carboxylic acids is 1. The Morgan fingerprint density at radius 1 is 1.28 bits per heavy atom. The third-order valence-corrected chi connectivity index (χ3v) is 2.43. The molecule has 0 fully saturated rings. The highest BCUT2D eigenvalue weighted by Crippen LogP contribution is 2.12. The number of hydrogen-bond acceptors (Lipinski definition) is 3. The summed E-state index contributed by atoms with van der Waals surface area (Å²) in [5.74, 6) is 5.66. The lowest BCUT2D eigenvalue weighted by molar-refractivity contribution is -0.384. The molecule has 0 aliphatic rings. The second kappa shape index (κ2) is 7.23. The number of benzene rings is 1. The molecule has 1 rings (SSSR count). The number of unbranched alkanes of at least 4 members (excludes halogenated alkanes) is 2. The van der Waals surface area contributed by atoms with Crippen LogP contribution in [-0.4, -0.2) is 10.7 Å². The van der Waals surface area contributed by atoms with Crippen molar-refractivity contribution in [1.29, 1.82) is 0 Å². The summed E-state index contributed by atoms with van der Waals surface area (Å²) in [4.78, 5) is 21.7. The van der Waals surface area contributed by atoms with Crippen molar-refractivity contribution >= 4 is 11.5 Å². The number of nitro benzene ring substituents is 1.